The SMILES string of the molecule is CC(N)(CO)CCc1cccc(C(F)(F)F)c1. The number of aliphatic hydroxyl groups excluding tert-OH is 1. The van der Waals surface area contributed by atoms with Gasteiger partial charge < -0.3 is 10.8 Å². The summed E-state index contributed by atoms with van der Waals surface area (Å²) >= 11 is 0. The van der Waals surface area contributed by atoms with Crippen molar-refractivity contribution in [1.82, 2.24) is 0 Å². The molecule has 0 aromatic heterocycles. The molecule has 1 rings (SSSR count). The highest BCUT2D eigenvalue weighted by atomic mass is 19.4. The van der Waals surface area contributed by atoms with Crippen LogP contribution in [0, 0.1) is 0 Å². The summed E-state index contributed by atoms with van der Waals surface area (Å²) in [6, 6.07) is 5.16. The van der Waals surface area contributed by atoms with Crippen molar-refractivity contribution in [1.29, 1.82) is 0 Å². The van der Waals surface area contributed by atoms with Gasteiger partial charge in [-0.25, -0.2) is 0 Å². The average molecular weight is 247 g/mol. The lowest BCUT2D eigenvalue weighted by Crippen LogP contribution is -2.40. The third-order valence-corrected chi connectivity index (χ3v) is 2.60. The lowest BCUT2D eigenvalue weighted by Gasteiger charge is -2.21. The van der Waals surface area contributed by atoms with Gasteiger partial charge in [0.05, 0.1) is 12.2 Å². The van der Waals surface area contributed by atoms with Crippen LogP contribution < -0.4 is 5.73 Å². The van der Waals surface area contributed by atoms with Crippen molar-refractivity contribution in [3.05, 3.63) is 35.4 Å². The van der Waals surface area contributed by atoms with Crippen LogP contribution in [0.2, 0.25) is 0 Å². The first-order valence-electron chi connectivity index (χ1n) is 5.30. The van der Waals surface area contributed by atoms with Crippen LogP contribution in [0.4, 0.5) is 13.2 Å². The van der Waals surface area contributed by atoms with Crippen molar-refractivity contribution in [2.45, 2.75) is 31.5 Å². The maximum absolute atomic E-state index is 12.4. The molecule has 1 unspecified atom stereocenters. The lowest BCUT2D eigenvalue weighted by molar-refractivity contribution is -0.137. The molecule has 0 aliphatic heterocycles. The first-order chi connectivity index (χ1) is 7.74. The zero-order valence-corrected chi connectivity index (χ0v) is 9.59. The van der Waals surface area contributed by atoms with E-state index in [1.54, 1.807) is 13.0 Å². The Bertz CT molecular complexity index is 374. The van der Waals surface area contributed by atoms with Crippen LogP contribution in [0.25, 0.3) is 0 Å². The molecule has 0 bridgehead atoms. The van der Waals surface area contributed by atoms with Gasteiger partial charge in [0, 0.05) is 5.54 Å². The smallest absolute Gasteiger partial charge is 0.394 e. The summed E-state index contributed by atoms with van der Waals surface area (Å²) in [7, 11) is 0. The van der Waals surface area contributed by atoms with E-state index < -0.39 is 17.3 Å². The topological polar surface area (TPSA) is 46.2 Å². The van der Waals surface area contributed by atoms with Crippen molar-refractivity contribution >= 4 is 0 Å². The summed E-state index contributed by atoms with van der Waals surface area (Å²) in [4.78, 5) is 0. The fraction of sp³-hybridized carbons (Fsp3) is 0.500. The minimum absolute atomic E-state index is 0.189. The Morgan fingerprint density at radius 1 is 1.29 bits per heavy atom. The first kappa shape index (κ1) is 14.0. The van der Waals surface area contributed by atoms with Gasteiger partial charge in [-0.2, -0.15) is 13.2 Å². The Labute approximate surface area is 98.3 Å². The molecule has 0 aliphatic rings. The third-order valence-electron chi connectivity index (χ3n) is 2.60. The van der Waals surface area contributed by atoms with E-state index >= 15 is 0 Å². The molecule has 1 atom stereocenters. The van der Waals surface area contributed by atoms with E-state index in [-0.39, 0.29) is 6.61 Å². The fourth-order valence-electron chi connectivity index (χ4n) is 1.41. The van der Waals surface area contributed by atoms with Gasteiger partial charge in [-0.15, -0.1) is 0 Å². The third kappa shape index (κ3) is 4.36. The fourth-order valence-corrected chi connectivity index (χ4v) is 1.41. The van der Waals surface area contributed by atoms with Gasteiger partial charge in [0.1, 0.15) is 0 Å². The van der Waals surface area contributed by atoms with Crippen molar-refractivity contribution in [3.8, 4) is 0 Å². The molecule has 17 heavy (non-hydrogen) atoms. The van der Waals surface area contributed by atoms with Crippen LogP contribution in [0.1, 0.15) is 24.5 Å². The van der Waals surface area contributed by atoms with Crippen molar-refractivity contribution in [2.24, 2.45) is 5.73 Å². The zero-order valence-electron chi connectivity index (χ0n) is 9.59. The number of aryl methyl sites for hydroxylation is 1. The second-order valence-corrected chi connectivity index (χ2v) is 4.51. The molecule has 1 aromatic carbocycles. The van der Waals surface area contributed by atoms with E-state index in [4.69, 9.17) is 10.8 Å². The maximum Gasteiger partial charge on any atom is 0.416 e. The predicted octanol–water partition coefficient (Wildman–Crippen LogP) is 2.35. The van der Waals surface area contributed by atoms with Gasteiger partial charge >= 0.3 is 6.18 Å². The number of hydrogen-bond donors (Lipinski definition) is 2. The summed E-state index contributed by atoms with van der Waals surface area (Å²) in [5, 5.41) is 8.95. The van der Waals surface area contributed by atoms with Crippen molar-refractivity contribution in [3.63, 3.8) is 0 Å². The van der Waals surface area contributed by atoms with E-state index in [9.17, 15) is 13.2 Å². The van der Waals surface area contributed by atoms with E-state index in [0.29, 0.717) is 18.4 Å². The van der Waals surface area contributed by atoms with E-state index in [0.717, 1.165) is 12.1 Å². The highest BCUT2D eigenvalue weighted by Gasteiger charge is 2.30. The minimum atomic E-state index is -4.32. The summed E-state index contributed by atoms with van der Waals surface area (Å²) in [5.74, 6) is 0. The lowest BCUT2D eigenvalue weighted by atomic mass is 9.94. The molecule has 3 N–H and O–H groups in total. The molecule has 0 aliphatic carbocycles. The molecule has 96 valence electrons. The molecule has 0 saturated heterocycles. The Kier molecular flexibility index (Phi) is 4.16. The summed E-state index contributed by atoms with van der Waals surface area (Å²) < 4.78 is 37.3. The highest BCUT2D eigenvalue weighted by molar-refractivity contribution is 5.25. The van der Waals surface area contributed by atoms with Crippen LogP contribution in [0.5, 0.6) is 0 Å². The molecule has 1 aromatic rings. The summed E-state index contributed by atoms with van der Waals surface area (Å²) in [6.45, 7) is 1.48. The number of nitrogens with two attached hydrogens (primary N) is 1. The highest BCUT2D eigenvalue weighted by Crippen LogP contribution is 2.29. The van der Waals surface area contributed by atoms with Gasteiger partial charge in [-0.1, -0.05) is 18.2 Å². The maximum atomic E-state index is 12.4. The van der Waals surface area contributed by atoms with Gasteiger partial charge in [0.2, 0.25) is 0 Å². The molecule has 0 spiro atoms. The second kappa shape index (κ2) is 5.06. The molecule has 2 nitrogen and oxygen atoms in total. The number of rotatable bonds is 4. The van der Waals surface area contributed by atoms with Crippen LogP contribution in [0.3, 0.4) is 0 Å². The van der Waals surface area contributed by atoms with Crippen LogP contribution in [-0.4, -0.2) is 17.3 Å². The molecule has 5 heteroatoms. The summed E-state index contributed by atoms with van der Waals surface area (Å²) in [5.41, 5.74) is 4.88. The van der Waals surface area contributed by atoms with Crippen LogP contribution in [-0.2, 0) is 12.6 Å². The number of alkyl halides is 3. The van der Waals surface area contributed by atoms with Gasteiger partial charge in [-0.3, -0.25) is 0 Å². The van der Waals surface area contributed by atoms with E-state index in [1.807, 2.05) is 0 Å². The average Bonchev–Trinajstić information content (AvgIpc) is 2.26. The Balaban J connectivity index is 2.74. The van der Waals surface area contributed by atoms with Crippen molar-refractivity contribution in [2.75, 3.05) is 6.61 Å². The Hall–Kier alpha value is -1.07. The Morgan fingerprint density at radius 2 is 1.94 bits per heavy atom. The second-order valence-electron chi connectivity index (χ2n) is 4.51. The van der Waals surface area contributed by atoms with E-state index in [1.165, 1.54) is 6.07 Å². The number of aliphatic hydroxyl groups is 1. The van der Waals surface area contributed by atoms with E-state index in [2.05, 4.69) is 0 Å². The molecular formula is C12H16F3NO. The minimum Gasteiger partial charge on any atom is -0.394 e. The van der Waals surface area contributed by atoms with Gasteiger partial charge in [0.15, 0.2) is 0 Å². The number of benzene rings is 1. The number of halogens is 3. The van der Waals surface area contributed by atoms with Gasteiger partial charge in [-0.05, 0) is 31.4 Å². The predicted molar refractivity (Wildman–Crippen MR) is 59.4 cm³/mol. The summed E-state index contributed by atoms with van der Waals surface area (Å²) in [6.07, 6.45) is -3.47. The van der Waals surface area contributed by atoms with Crippen LogP contribution in [0.15, 0.2) is 24.3 Å². The molecule has 0 fully saturated rings. The van der Waals surface area contributed by atoms with Gasteiger partial charge in [0.25, 0.3) is 0 Å². The first-order valence-corrected chi connectivity index (χ1v) is 5.30. The normalized spacial score (nSPS) is 15.6. The quantitative estimate of drug-likeness (QED) is 0.857. The van der Waals surface area contributed by atoms with Crippen molar-refractivity contribution < 1.29 is 18.3 Å². The Morgan fingerprint density at radius 3 is 2.47 bits per heavy atom. The van der Waals surface area contributed by atoms with Crippen LogP contribution >= 0.6 is 0 Å². The largest absolute Gasteiger partial charge is 0.416 e. The molecular weight excluding hydrogens is 231 g/mol. The standard InChI is InChI=1S/C12H16F3NO/c1-11(16,8-17)6-5-9-3-2-4-10(7-9)12(13,14)15/h2-4,7,17H,5-6,8,16H2,1H3. The molecule has 0 radical (unpaired) electrons. The number of hydrogen-bond acceptors (Lipinski definition) is 2. The monoisotopic (exact) mass is 247 g/mol. The zero-order chi connectivity index (χ0) is 13.1. The molecule has 0 saturated carbocycles. The molecule has 0 heterocycles. The molecule has 0 amide bonds.